The fourth-order valence-corrected chi connectivity index (χ4v) is 1.10. The van der Waals surface area contributed by atoms with Crippen LogP contribution in [0.25, 0.3) is 0 Å². The summed E-state index contributed by atoms with van der Waals surface area (Å²) in [6.45, 7) is 3.59. The second kappa shape index (κ2) is 3.05. The molecule has 0 aromatic heterocycles. The van der Waals surface area contributed by atoms with Crippen molar-refractivity contribution < 1.29 is 14.6 Å². The number of cyclic esters (lactones) is 1. The minimum atomic E-state index is -0.734. The van der Waals surface area contributed by atoms with E-state index in [1.54, 1.807) is 13.0 Å². The molecule has 1 rings (SSSR count). The molecule has 0 aliphatic carbocycles. The number of carbonyl (C=O) groups is 1. The Hall–Kier alpha value is -0.830. The molecule has 0 radical (unpaired) electrons. The second-order valence-electron chi connectivity index (χ2n) is 2.62. The molecule has 1 aliphatic rings. The normalized spacial score (nSPS) is 34.5. The molecule has 0 aromatic carbocycles. The molecule has 1 aliphatic heterocycles. The number of aliphatic hydroxyl groups is 1. The average Bonchev–Trinajstić information content (AvgIpc) is 2.17. The summed E-state index contributed by atoms with van der Waals surface area (Å²) in [6.07, 6.45) is 1.33. The SMILES string of the molecule is CC/C=C1/C(=O)OC(C)C1O. The molecule has 1 N–H and O–H groups in total. The number of aliphatic hydroxyl groups excluding tert-OH is 1. The van der Waals surface area contributed by atoms with E-state index >= 15 is 0 Å². The van der Waals surface area contributed by atoms with Gasteiger partial charge in [-0.15, -0.1) is 0 Å². The van der Waals surface area contributed by atoms with Crippen LogP contribution >= 0.6 is 0 Å². The zero-order valence-electron chi connectivity index (χ0n) is 6.70. The Morgan fingerprint density at radius 1 is 1.73 bits per heavy atom. The minimum absolute atomic E-state index is 0.383. The molecule has 2 atom stereocenters. The third kappa shape index (κ3) is 1.43. The third-order valence-electron chi connectivity index (χ3n) is 1.72. The molecule has 11 heavy (non-hydrogen) atoms. The Bertz CT molecular complexity index is 196. The summed E-state index contributed by atoms with van der Waals surface area (Å²) in [7, 11) is 0. The molecule has 0 aromatic rings. The molecule has 0 bridgehead atoms. The van der Waals surface area contributed by atoms with Crippen molar-refractivity contribution >= 4 is 5.97 Å². The second-order valence-corrected chi connectivity index (χ2v) is 2.62. The smallest absolute Gasteiger partial charge is 0.336 e. The highest BCUT2D eigenvalue weighted by Crippen LogP contribution is 2.20. The molecule has 2 unspecified atom stereocenters. The summed E-state index contributed by atoms with van der Waals surface area (Å²) >= 11 is 0. The Kier molecular flexibility index (Phi) is 2.29. The van der Waals surface area contributed by atoms with Crippen LogP contribution in [0.2, 0.25) is 0 Å². The molecule has 0 amide bonds. The van der Waals surface area contributed by atoms with Gasteiger partial charge in [-0.25, -0.2) is 4.79 Å². The summed E-state index contributed by atoms with van der Waals surface area (Å²) in [5.74, 6) is -0.383. The number of carbonyl (C=O) groups excluding carboxylic acids is 1. The molecule has 0 spiro atoms. The first-order valence-electron chi connectivity index (χ1n) is 3.76. The fourth-order valence-electron chi connectivity index (χ4n) is 1.10. The number of allylic oxidation sites excluding steroid dienone is 1. The summed E-state index contributed by atoms with van der Waals surface area (Å²) in [5, 5.41) is 9.34. The lowest BCUT2D eigenvalue weighted by atomic mass is 10.1. The number of rotatable bonds is 1. The van der Waals surface area contributed by atoms with Crippen LogP contribution in [-0.4, -0.2) is 23.3 Å². The van der Waals surface area contributed by atoms with E-state index in [9.17, 15) is 9.90 Å². The molecule has 1 saturated heterocycles. The molecule has 3 heteroatoms. The van der Waals surface area contributed by atoms with Gasteiger partial charge in [-0.2, -0.15) is 0 Å². The van der Waals surface area contributed by atoms with E-state index in [4.69, 9.17) is 4.74 Å². The summed E-state index contributed by atoms with van der Waals surface area (Å²) < 4.78 is 4.78. The van der Waals surface area contributed by atoms with Gasteiger partial charge in [-0.05, 0) is 13.3 Å². The number of hydrogen-bond donors (Lipinski definition) is 1. The first-order chi connectivity index (χ1) is 5.16. The number of hydrogen-bond acceptors (Lipinski definition) is 3. The van der Waals surface area contributed by atoms with Crippen molar-refractivity contribution in [2.24, 2.45) is 0 Å². The van der Waals surface area contributed by atoms with Crippen LogP contribution in [0.15, 0.2) is 11.6 Å². The molecule has 3 nitrogen and oxygen atoms in total. The van der Waals surface area contributed by atoms with Crippen molar-refractivity contribution in [1.82, 2.24) is 0 Å². The van der Waals surface area contributed by atoms with Crippen LogP contribution in [0.5, 0.6) is 0 Å². The van der Waals surface area contributed by atoms with Crippen LogP contribution in [0.1, 0.15) is 20.3 Å². The van der Waals surface area contributed by atoms with Crippen molar-refractivity contribution in [2.75, 3.05) is 0 Å². The highest BCUT2D eigenvalue weighted by Gasteiger charge is 2.34. The fraction of sp³-hybridized carbons (Fsp3) is 0.625. The van der Waals surface area contributed by atoms with Gasteiger partial charge in [-0.3, -0.25) is 0 Å². The maximum Gasteiger partial charge on any atom is 0.336 e. The van der Waals surface area contributed by atoms with Gasteiger partial charge < -0.3 is 9.84 Å². The van der Waals surface area contributed by atoms with Gasteiger partial charge in [0.1, 0.15) is 12.2 Å². The van der Waals surface area contributed by atoms with Gasteiger partial charge in [0.25, 0.3) is 0 Å². The van der Waals surface area contributed by atoms with E-state index in [1.807, 2.05) is 6.92 Å². The molecular formula is C8H12O3. The van der Waals surface area contributed by atoms with E-state index in [1.165, 1.54) is 0 Å². The van der Waals surface area contributed by atoms with Gasteiger partial charge in [0.2, 0.25) is 0 Å². The Morgan fingerprint density at radius 3 is 2.73 bits per heavy atom. The predicted octanol–water partition coefficient (Wildman–Crippen LogP) is 0.629. The molecular weight excluding hydrogens is 144 g/mol. The van der Waals surface area contributed by atoms with E-state index in [0.717, 1.165) is 6.42 Å². The predicted molar refractivity (Wildman–Crippen MR) is 39.9 cm³/mol. The highest BCUT2D eigenvalue weighted by atomic mass is 16.6. The van der Waals surface area contributed by atoms with Crippen molar-refractivity contribution in [2.45, 2.75) is 32.5 Å². The summed E-state index contributed by atoms with van der Waals surface area (Å²) in [4.78, 5) is 10.9. The lowest BCUT2D eigenvalue weighted by Gasteiger charge is -2.03. The van der Waals surface area contributed by atoms with E-state index < -0.39 is 6.10 Å². The van der Waals surface area contributed by atoms with E-state index in [0.29, 0.717) is 5.57 Å². The molecule has 1 heterocycles. The highest BCUT2D eigenvalue weighted by molar-refractivity contribution is 5.92. The van der Waals surface area contributed by atoms with Gasteiger partial charge in [-0.1, -0.05) is 13.0 Å². The molecule has 62 valence electrons. The van der Waals surface area contributed by atoms with Gasteiger partial charge in [0.05, 0.1) is 5.57 Å². The van der Waals surface area contributed by atoms with E-state index in [2.05, 4.69) is 0 Å². The van der Waals surface area contributed by atoms with Gasteiger partial charge >= 0.3 is 5.97 Å². The van der Waals surface area contributed by atoms with Gasteiger partial charge in [0, 0.05) is 0 Å². The van der Waals surface area contributed by atoms with Crippen molar-refractivity contribution in [3.05, 3.63) is 11.6 Å². The molecule has 1 fully saturated rings. The Balaban J connectivity index is 2.80. The molecule has 0 saturated carbocycles. The van der Waals surface area contributed by atoms with Crippen molar-refractivity contribution in [3.8, 4) is 0 Å². The Morgan fingerprint density at radius 2 is 2.36 bits per heavy atom. The average molecular weight is 156 g/mol. The van der Waals surface area contributed by atoms with Crippen molar-refractivity contribution in [1.29, 1.82) is 0 Å². The lowest BCUT2D eigenvalue weighted by Crippen LogP contribution is -2.17. The van der Waals surface area contributed by atoms with E-state index in [-0.39, 0.29) is 12.1 Å². The maximum atomic E-state index is 10.9. The van der Waals surface area contributed by atoms with Crippen LogP contribution in [-0.2, 0) is 9.53 Å². The summed E-state index contributed by atoms with van der Waals surface area (Å²) in [6, 6.07) is 0. The standard InChI is InChI=1S/C8H12O3/c1-3-4-6-7(9)5(2)11-8(6)10/h4-5,7,9H,3H2,1-2H3/b6-4+. The van der Waals surface area contributed by atoms with Crippen LogP contribution < -0.4 is 0 Å². The minimum Gasteiger partial charge on any atom is -0.456 e. The number of ether oxygens (including phenoxy) is 1. The third-order valence-corrected chi connectivity index (χ3v) is 1.72. The zero-order valence-corrected chi connectivity index (χ0v) is 6.70. The largest absolute Gasteiger partial charge is 0.456 e. The monoisotopic (exact) mass is 156 g/mol. The van der Waals surface area contributed by atoms with Crippen LogP contribution in [0.4, 0.5) is 0 Å². The van der Waals surface area contributed by atoms with Crippen LogP contribution in [0, 0.1) is 0 Å². The Labute approximate surface area is 65.7 Å². The first kappa shape index (κ1) is 8.27. The zero-order chi connectivity index (χ0) is 8.43. The lowest BCUT2D eigenvalue weighted by molar-refractivity contribution is -0.138. The topological polar surface area (TPSA) is 46.5 Å². The number of esters is 1. The maximum absolute atomic E-state index is 10.9. The van der Waals surface area contributed by atoms with Crippen molar-refractivity contribution in [3.63, 3.8) is 0 Å². The summed E-state index contributed by atoms with van der Waals surface area (Å²) in [5.41, 5.74) is 0.403. The van der Waals surface area contributed by atoms with Gasteiger partial charge in [0.15, 0.2) is 0 Å². The van der Waals surface area contributed by atoms with Crippen LogP contribution in [0.3, 0.4) is 0 Å². The first-order valence-corrected chi connectivity index (χ1v) is 3.76. The quantitative estimate of drug-likeness (QED) is 0.447.